The van der Waals surface area contributed by atoms with E-state index in [1.165, 1.54) is 35.4 Å². The lowest BCUT2D eigenvalue weighted by molar-refractivity contribution is -0.138. The Morgan fingerprint density at radius 3 is 1.87 bits per heavy atom. The Kier molecular flexibility index (Phi) is 10.5. The van der Waals surface area contributed by atoms with Crippen LogP contribution in [0.1, 0.15) is 77.8 Å². The molecule has 0 fully saturated rings. The number of Topliss-reactive ketones (excluding diaryl/α,β-unsaturated/α-hetero) is 2. The number of halogens is 6. The summed E-state index contributed by atoms with van der Waals surface area (Å²) < 4.78 is 88.2. The van der Waals surface area contributed by atoms with Crippen LogP contribution in [0.25, 0.3) is 33.4 Å². The van der Waals surface area contributed by atoms with Crippen LogP contribution < -0.4 is 10.2 Å². The van der Waals surface area contributed by atoms with Gasteiger partial charge in [0.05, 0.1) is 28.9 Å². The van der Waals surface area contributed by atoms with Gasteiger partial charge < -0.3 is 30.3 Å². The Balaban J connectivity index is 1.49. The molecular weight excluding hydrogens is 791 g/mol. The first kappa shape index (κ1) is 41.9. The number of anilines is 2. The number of nitrogens with zero attached hydrogens (tertiary/aromatic N) is 1. The van der Waals surface area contributed by atoms with Gasteiger partial charge in [-0.1, -0.05) is 52.0 Å². The van der Waals surface area contributed by atoms with Gasteiger partial charge in [0.25, 0.3) is 0 Å². The number of phenols is 1. The lowest BCUT2D eigenvalue weighted by Gasteiger charge is -2.33. The van der Waals surface area contributed by atoms with E-state index in [1.54, 1.807) is 53.7 Å². The van der Waals surface area contributed by atoms with E-state index in [-0.39, 0.29) is 58.5 Å². The number of aromatic hydroxyl groups is 1. The lowest BCUT2D eigenvalue weighted by Crippen LogP contribution is -2.28. The Labute approximate surface area is 341 Å². The van der Waals surface area contributed by atoms with Crippen molar-refractivity contribution in [2.75, 3.05) is 16.9 Å². The fourth-order valence-corrected chi connectivity index (χ4v) is 8.30. The second-order valence-electron chi connectivity index (χ2n) is 15.6. The SMILES string of the molecule is Cc1cc2c(c(O)c1-c1c(C)cc3c4c1COCN(c1cccc(C(F)(F)F)c1)/C=C\4C(=O)C(O)=C3C(C)C)/C(=C/Nc1cccc(C(F)(F)F)c1)C(=O)C(O)=C2C(C)C. The Morgan fingerprint density at radius 2 is 1.27 bits per heavy atom. The number of benzene rings is 4. The molecule has 0 spiro atoms. The minimum absolute atomic E-state index is 0.000586. The van der Waals surface area contributed by atoms with Crippen LogP contribution in [0.15, 0.2) is 84.6 Å². The van der Waals surface area contributed by atoms with Crippen molar-refractivity contribution < 1.29 is 56.0 Å². The molecular formula is C46H40F6N2O6. The number of ether oxygens (including phenoxy) is 1. The zero-order valence-corrected chi connectivity index (χ0v) is 33.3. The fraction of sp³-hybridized carbons (Fsp3) is 0.261. The van der Waals surface area contributed by atoms with Crippen LogP contribution >= 0.6 is 0 Å². The van der Waals surface area contributed by atoms with E-state index in [0.717, 1.165) is 30.5 Å². The van der Waals surface area contributed by atoms with E-state index in [9.17, 15) is 51.3 Å². The molecule has 60 heavy (non-hydrogen) atoms. The number of nitrogens with one attached hydrogen (secondary N) is 1. The van der Waals surface area contributed by atoms with Gasteiger partial charge in [0.2, 0.25) is 11.6 Å². The number of phenolic OH excluding ortho intramolecular Hbond substituents is 1. The average Bonchev–Trinajstić information content (AvgIpc) is 3.15. The van der Waals surface area contributed by atoms with E-state index in [4.69, 9.17) is 4.74 Å². The van der Waals surface area contributed by atoms with Gasteiger partial charge in [-0.2, -0.15) is 26.3 Å². The van der Waals surface area contributed by atoms with Crippen molar-refractivity contribution in [3.63, 3.8) is 0 Å². The van der Waals surface area contributed by atoms with Crippen LogP contribution in [0.4, 0.5) is 37.7 Å². The maximum atomic E-state index is 14.2. The topological polar surface area (TPSA) is 119 Å². The zero-order valence-electron chi connectivity index (χ0n) is 33.3. The van der Waals surface area contributed by atoms with Crippen molar-refractivity contribution in [2.45, 2.75) is 60.5 Å². The zero-order chi connectivity index (χ0) is 43.7. The summed E-state index contributed by atoms with van der Waals surface area (Å²) in [7, 11) is 0. The van der Waals surface area contributed by atoms with Gasteiger partial charge in [-0.05, 0) is 95.5 Å². The molecule has 8 nitrogen and oxygen atoms in total. The number of aliphatic hydroxyl groups excluding tert-OH is 2. The molecule has 0 aromatic heterocycles. The molecule has 0 atom stereocenters. The molecule has 3 aliphatic rings. The van der Waals surface area contributed by atoms with Crippen LogP contribution in [0.5, 0.6) is 5.75 Å². The molecule has 0 saturated heterocycles. The van der Waals surface area contributed by atoms with E-state index in [1.807, 2.05) is 0 Å². The van der Waals surface area contributed by atoms with Crippen molar-refractivity contribution in [2.24, 2.45) is 11.8 Å². The van der Waals surface area contributed by atoms with Crippen LogP contribution in [0, 0.1) is 25.7 Å². The van der Waals surface area contributed by atoms with E-state index in [0.29, 0.717) is 44.5 Å². The minimum atomic E-state index is -4.65. The molecule has 2 aliphatic carbocycles. The number of aliphatic hydroxyl groups is 2. The van der Waals surface area contributed by atoms with E-state index >= 15 is 0 Å². The maximum absolute atomic E-state index is 14.2. The molecule has 1 heterocycles. The fourth-order valence-electron chi connectivity index (χ4n) is 8.30. The predicted molar refractivity (Wildman–Crippen MR) is 216 cm³/mol. The molecule has 4 N–H and O–H groups in total. The highest BCUT2D eigenvalue weighted by atomic mass is 19.4. The summed E-state index contributed by atoms with van der Waals surface area (Å²) in [6, 6.07) is 12.2. The highest BCUT2D eigenvalue weighted by Crippen LogP contribution is 2.52. The third-order valence-corrected chi connectivity index (χ3v) is 10.9. The number of allylic oxidation sites excluding steroid dienone is 4. The van der Waals surface area contributed by atoms with Crippen LogP contribution in [0.2, 0.25) is 0 Å². The minimum Gasteiger partial charge on any atom is -0.507 e. The monoisotopic (exact) mass is 830 g/mol. The maximum Gasteiger partial charge on any atom is 0.416 e. The lowest BCUT2D eigenvalue weighted by atomic mass is 9.73. The number of alkyl halides is 6. The van der Waals surface area contributed by atoms with Gasteiger partial charge in [0, 0.05) is 51.6 Å². The van der Waals surface area contributed by atoms with Crippen molar-refractivity contribution in [3.05, 3.63) is 135 Å². The van der Waals surface area contributed by atoms with Gasteiger partial charge in [0.15, 0.2) is 11.5 Å². The molecule has 0 amide bonds. The molecule has 4 aromatic carbocycles. The van der Waals surface area contributed by atoms with E-state index < -0.39 is 58.2 Å². The number of fused-ring (bicyclic) bond motifs is 1. The molecule has 0 bridgehead atoms. The first-order valence-corrected chi connectivity index (χ1v) is 19.0. The summed E-state index contributed by atoms with van der Waals surface area (Å²) in [4.78, 5) is 29.5. The summed E-state index contributed by atoms with van der Waals surface area (Å²) in [5.74, 6) is -3.96. The number of carbonyl (C=O) groups is 2. The molecule has 7 rings (SSSR count). The van der Waals surface area contributed by atoms with Crippen LogP contribution in [-0.4, -0.2) is 33.6 Å². The summed E-state index contributed by atoms with van der Waals surface area (Å²) in [5, 5.41) is 37.9. The number of rotatable bonds is 6. The molecule has 0 radical (unpaired) electrons. The number of carbonyl (C=O) groups excluding carboxylic acids is 2. The summed E-state index contributed by atoms with van der Waals surface area (Å²) in [5.41, 5.74) is 1.72. The third-order valence-electron chi connectivity index (χ3n) is 10.9. The van der Waals surface area contributed by atoms with Crippen LogP contribution in [0.3, 0.4) is 0 Å². The van der Waals surface area contributed by atoms with Gasteiger partial charge >= 0.3 is 12.4 Å². The van der Waals surface area contributed by atoms with Crippen molar-refractivity contribution in [1.82, 2.24) is 0 Å². The number of hydrogen-bond acceptors (Lipinski definition) is 8. The van der Waals surface area contributed by atoms with Crippen molar-refractivity contribution in [1.29, 1.82) is 0 Å². The second-order valence-corrected chi connectivity index (χ2v) is 15.6. The van der Waals surface area contributed by atoms with E-state index in [2.05, 4.69) is 5.32 Å². The molecule has 4 aromatic rings. The molecule has 0 saturated carbocycles. The highest BCUT2D eigenvalue weighted by molar-refractivity contribution is 6.35. The Hall–Kier alpha value is -6.28. The molecule has 1 aliphatic heterocycles. The van der Waals surface area contributed by atoms with Gasteiger partial charge in [-0.15, -0.1) is 0 Å². The van der Waals surface area contributed by atoms with Gasteiger partial charge in [0.1, 0.15) is 12.5 Å². The Morgan fingerprint density at radius 1 is 0.717 bits per heavy atom. The quantitative estimate of drug-likeness (QED) is 0.112. The molecule has 312 valence electrons. The normalized spacial score (nSPS) is 17.5. The summed E-state index contributed by atoms with van der Waals surface area (Å²) >= 11 is 0. The number of ketones is 2. The smallest absolute Gasteiger partial charge is 0.416 e. The molecule has 0 unspecified atom stereocenters. The van der Waals surface area contributed by atoms with Crippen molar-refractivity contribution >= 4 is 45.2 Å². The molecule has 14 heteroatoms. The van der Waals surface area contributed by atoms with Gasteiger partial charge in [-0.3, -0.25) is 9.59 Å². The first-order chi connectivity index (χ1) is 28.1. The van der Waals surface area contributed by atoms with Crippen LogP contribution in [-0.2, 0) is 33.3 Å². The number of hydrogen-bond donors (Lipinski definition) is 4. The third kappa shape index (κ3) is 7.12. The average molecular weight is 831 g/mol. The summed E-state index contributed by atoms with van der Waals surface area (Å²) in [6.07, 6.45) is -6.83. The van der Waals surface area contributed by atoms with Gasteiger partial charge in [-0.25, -0.2) is 0 Å². The van der Waals surface area contributed by atoms with Crippen molar-refractivity contribution in [3.8, 4) is 16.9 Å². The largest absolute Gasteiger partial charge is 0.507 e. The highest BCUT2D eigenvalue weighted by Gasteiger charge is 2.40. The first-order valence-electron chi connectivity index (χ1n) is 19.0. The Bertz CT molecular complexity index is 2630. The second kappa shape index (κ2) is 15.1. The number of aryl methyl sites for hydroxylation is 2. The predicted octanol–water partition coefficient (Wildman–Crippen LogP) is 11.5. The summed E-state index contributed by atoms with van der Waals surface area (Å²) in [6.45, 7) is 10.0. The standard InChI is InChI=1S/C46H40F6N2O6/c1-21(2)34-29-13-23(5)36(33-19-60-20-54(18-32(38(29)33)41(56)44(34)59)28-12-8-10-26(16-28)46(50,51)52)37-24(6)14-30-35(22(3)4)43(58)40(55)31(39(30)42(37)57)17-53-27-11-7-9-25(15-27)45(47,48)49/h7-18,21-22,53,57-59H,19-20H2,1-6H3/b31-17-,32-18+.